The summed E-state index contributed by atoms with van der Waals surface area (Å²) in [5.41, 5.74) is 1.14. The zero-order valence-electron chi connectivity index (χ0n) is 14.7. The number of carbonyl (C=O) groups is 2. The Morgan fingerprint density at radius 2 is 1.79 bits per heavy atom. The Morgan fingerprint density at radius 1 is 1.11 bits per heavy atom. The van der Waals surface area contributed by atoms with Gasteiger partial charge >= 0.3 is 12.4 Å². The first-order chi connectivity index (χ1) is 13.3. The van der Waals surface area contributed by atoms with Gasteiger partial charge in [-0.3, -0.25) is 4.79 Å². The van der Waals surface area contributed by atoms with Crippen LogP contribution in [0.3, 0.4) is 0 Å². The number of anilines is 1. The van der Waals surface area contributed by atoms with Gasteiger partial charge in [-0.05, 0) is 29.8 Å². The van der Waals surface area contributed by atoms with Gasteiger partial charge in [0.2, 0.25) is 5.91 Å². The van der Waals surface area contributed by atoms with Crippen LogP contribution in [0.5, 0.6) is 5.75 Å². The Bertz CT molecular complexity index is 826. The average molecular weight is 393 g/mol. The molecule has 0 aliphatic carbocycles. The van der Waals surface area contributed by atoms with Crippen LogP contribution in [0.1, 0.15) is 18.0 Å². The molecule has 28 heavy (non-hydrogen) atoms. The smallest absolute Gasteiger partial charge is 0.406 e. The summed E-state index contributed by atoms with van der Waals surface area (Å²) in [6.45, 7) is 0.611. The highest BCUT2D eigenvalue weighted by Crippen LogP contribution is 2.27. The van der Waals surface area contributed by atoms with Gasteiger partial charge < -0.3 is 20.3 Å². The number of alkyl halides is 3. The topological polar surface area (TPSA) is 70.7 Å². The standard InChI is InChI=1S/C19H18F3N3O3/c20-19(21,22)28-15-8-6-14(7-9-15)24-18(27)25-11-10-23-17(26)12-16(25)13-4-2-1-3-5-13/h1-9,16H,10-12H2,(H,23,26)(H,24,27). The fourth-order valence-corrected chi connectivity index (χ4v) is 2.98. The number of hydrogen-bond acceptors (Lipinski definition) is 3. The molecule has 3 amide bonds. The van der Waals surface area contributed by atoms with Gasteiger partial charge in [-0.1, -0.05) is 30.3 Å². The van der Waals surface area contributed by atoms with E-state index in [2.05, 4.69) is 15.4 Å². The summed E-state index contributed by atoms with van der Waals surface area (Å²) in [7, 11) is 0. The summed E-state index contributed by atoms with van der Waals surface area (Å²) in [5, 5.41) is 5.39. The number of nitrogens with one attached hydrogen (secondary N) is 2. The molecule has 148 valence electrons. The predicted octanol–water partition coefficient (Wildman–Crippen LogP) is 3.68. The number of hydrogen-bond donors (Lipinski definition) is 2. The molecule has 1 saturated heterocycles. The van der Waals surface area contributed by atoms with Crippen molar-refractivity contribution in [1.29, 1.82) is 0 Å². The highest BCUT2D eigenvalue weighted by Gasteiger charge is 2.31. The summed E-state index contributed by atoms with van der Waals surface area (Å²) >= 11 is 0. The monoisotopic (exact) mass is 393 g/mol. The van der Waals surface area contributed by atoms with Crippen LogP contribution in [0.4, 0.5) is 23.7 Å². The largest absolute Gasteiger partial charge is 0.573 e. The second kappa shape index (κ2) is 8.20. The lowest BCUT2D eigenvalue weighted by Crippen LogP contribution is -2.39. The highest BCUT2D eigenvalue weighted by molar-refractivity contribution is 5.90. The Labute approximate surface area is 159 Å². The number of rotatable bonds is 3. The van der Waals surface area contributed by atoms with Gasteiger partial charge in [0.05, 0.1) is 12.5 Å². The minimum atomic E-state index is -4.78. The third kappa shape index (κ3) is 5.15. The molecule has 0 saturated carbocycles. The van der Waals surface area contributed by atoms with Crippen LogP contribution in [-0.2, 0) is 4.79 Å². The van der Waals surface area contributed by atoms with E-state index in [9.17, 15) is 22.8 Å². The molecule has 1 aliphatic rings. The third-order valence-corrected chi connectivity index (χ3v) is 4.21. The molecule has 2 N–H and O–H groups in total. The highest BCUT2D eigenvalue weighted by atomic mass is 19.4. The van der Waals surface area contributed by atoms with Crippen molar-refractivity contribution in [3.63, 3.8) is 0 Å². The van der Waals surface area contributed by atoms with Gasteiger partial charge in [-0.15, -0.1) is 13.2 Å². The van der Waals surface area contributed by atoms with Crippen molar-refractivity contribution in [1.82, 2.24) is 10.2 Å². The fraction of sp³-hybridized carbons (Fsp3) is 0.263. The van der Waals surface area contributed by atoms with E-state index in [4.69, 9.17) is 0 Å². The first-order valence-corrected chi connectivity index (χ1v) is 8.57. The summed E-state index contributed by atoms with van der Waals surface area (Å²) in [6.07, 6.45) is -4.66. The maximum Gasteiger partial charge on any atom is 0.573 e. The van der Waals surface area contributed by atoms with Crippen molar-refractivity contribution < 1.29 is 27.5 Å². The number of benzene rings is 2. The maximum atomic E-state index is 12.8. The maximum absolute atomic E-state index is 12.8. The summed E-state index contributed by atoms with van der Waals surface area (Å²) < 4.78 is 40.5. The number of halogens is 3. The number of urea groups is 1. The van der Waals surface area contributed by atoms with Crippen LogP contribution in [0.2, 0.25) is 0 Å². The summed E-state index contributed by atoms with van der Waals surface area (Å²) in [5.74, 6) is -0.532. The molecule has 9 heteroatoms. The molecule has 0 radical (unpaired) electrons. The molecular formula is C19H18F3N3O3. The lowest BCUT2D eigenvalue weighted by Gasteiger charge is -2.29. The molecule has 0 aromatic heterocycles. The normalized spacial score (nSPS) is 17.5. The molecule has 1 unspecified atom stereocenters. The number of ether oxygens (including phenoxy) is 1. The van der Waals surface area contributed by atoms with Gasteiger partial charge in [0, 0.05) is 18.8 Å². The van der Waals surface area contributed by atoms with Crippen molar-refractivity contribution in [3.05, 3.63) is 60.2 Å². The molecule has 3 rings (SSSR count). The van der Waals surface area contributed by atoms with Gasteiger partial charge in [-0.25, -0.2) is 4.79 Å². The molecule has 0 bridgehead atoms. The summed E-state index contributed by atoms with van der Waals surface area (Å²) in [6, 6.07) is 13.1. The van der Waals surface area contributed by atoms with Gasteiger partial charge in [0.25, 0.3) is 0 Å². The molecule has 1 atom stereocenters. The minimum Gasteiger partial charge on any atom is -0.406 e. The lowest BCUT2D eigenvalue weighted by molar-refractivity contribution is -0.274. The van der Waals surface area contributed by atoms with E-state index in [-0.39, 0.29) is 18.1 Å². The lowest BCUT2D eigenvalue weighted by atomic mass is 10.0. The Morgan fingerprint density at radius 3 is 2.43 bits per heavy atom. The molecule has 1 aliphatic heterocycles. The van der Waals surface area contributed by atoms with Crippen LogP contribution in [0, 0.1) is 0 Å². The van der Waals surface area contributed by atoms with E-state index < -0.39 is 18.4 Å². The number of nitrogens with zero attached hydrogens (tertiary/aromatic N) is 1. The quantitative estimate of drug-likeness (QED) is 0.836. The van der Waals surface area contributed by atoms with E-state index in [0.717, 1.165) is 17.7 Å². The molecule has 1 heterocycles. The van der Waals surface area contributed by atoms with Crippen molar-refractivity contribution in [2.45, 2.75) is 18.8 Å². The van der Waals surface area contributed by atoms with Crippen molar-refractivity contribution in [3.8, 4) is 5.75 Å². The van der Waals surface area contributed by atoms with E-state index in [0.29, 0.717) is 18.8 Å². The van der Waals surface area contributed by atoms with Crippen molar-refractivity contribution in [2.24, 2.45) is 0 Å². The number of carbonyl (C=O) groups excluding carboxylic acids is 2. The Hall–Kier alpha value is -3.23. The molecule has 1 fully saturated rings. The second-order valence-electron chi connectivity index (χ2n) is 6.18. The molecule has 0 spiro atoms. The van der Waals surface area contributed by atoms with Gasteiger partial charge in [0.1, 0.15) is 5.75 Å². The van der Waals surface area contributed by atoms with E-state index in [1.165, 1.54) is 17.0 Å². The van der Waals surface area contributed by atoms with Gasteiger partial charge in [0.15, 0.2) is 0 Å². The molecular weight excluding hydrogens is 375 g/mol. The van der Waals surface area contributed by atoms with Crippen molar-refractivity contribution >= 4 is 17.6 Å². The molecule has 2 aromatic carbocycles. The minimum absolute atomic E-state index is 0.121. The summed E-state index contributed by atoms with van der Waals surface area (Å²) in [4.78, 5) is 26.3. The Kier molecular flexibility index (Phi) is 5.72. The zero-order valence-corrected chi connectivity index (χ0v) is 14.7. The van der Waals surface area contributed by atoms with Crippen LogP contribution in [-0.4, -0.2) is 36.3 Å². The fourth-order valence-electron chi connectivity index (χ4n) is 2.98. The molecule has 2 aromatic rings. The van der Waals surface area contributed by atoms with Crippen LogP contribution >= 0.6 is 0 Å². The van der Waals surface area contributed by atoms with Crippen LogP contribution < -0.4 is 15.4 Å². The van der Waals surface area contributed by atoms with Crippen LogP contribution in [0.25, 0.3) is 0 Å². The number of amides is 3. The van der Waals surface area contributed by atoms with Crippen molar-refractivity contribution in [2.75, 3.05) is 18.4 Å². The SMILES string of the molecule is O=C1CC(c2ccccc2)N(C(=O)Nc2ccc(OC(F)(F)F)cc2)CCN1. The third-order valence-electron chi connectivity index (χ3n) is 4.21. The van der Waals surface area contributed by atoms with Gasteiger partial charge in [-0.2, -0.15) is 0 Å². The van der Waals surface area contributed by atoms with E-state index >= 15 is 0 Å². The van der Waals surface area contributed by atoms with E-state index in [1.807, 2.05) is 30.3 Å². The average Bonchev–Trinajstić information content (AvgIpc) is 2.84. The zero-order chi connectivity index (χ0) is 20.1. The first kappa shape index (κ1) is 19.5. The first-order valence-electron chi connectivity index (χ1n) is 8.57. The second-order valence-corrected chi connectivity index (χ2v) is 6.18. The predicted molar refractivity (Wildman–Crippen MR) is 95.7 cm³/mol. The van der Waals surface area contributed by atoms with E-state index in [1.54, 1.807) is 0 Å². The van der Waals surface area contributed by atoms with Crippen LogP contribution in [0.15, 0.2) is 54.6 Å². The molecule has 6 nitrogen and oxygen atoms in total. The Balaban J connectivity index is 1.74.